The summed E-state index contributed by atoms with van der Waals surface area (Å²) in [7, 11) is 0. The molecule has 0 aliphatic heterocycles. The predicted molar refractivity (Wildman–Crippen MR) is 62.7 cm³/mol. The van der Waals surface area contributed by atoms with E-state index < -0.39 is 5.97 Å². The fourth-order valence-corrected chi connectivity index (χ4v) is 1.83. The number of phenolic OH excluding ortho intramolecular Hbond substituents is 1. The highest BCUT2D eigenvalue weighted by atomic mass is 16.4. The molecule has 1 aromatic rings. The number of aryl methyl sites for hydroxylation is 1. The summed E-state index contributed by atoms with van der Waals surface area (Å²) < 4.78 is 0. The van der Waals surface area contributed by atoms with Gasteiger partial charge in [0.2, 0.25) is 0 Å². The van der Waals surface area contributed by atoms with Gasteiger partial charge >= 0.3 is 5.97 Å². The SMILES string of the molecule is CCC[C@@H](CC(=O)O)c1ccc(C)c(O)c1. The predicted octanol–water partition coefficient (Wildman–Crippen LogP) is 3.06. The van der Waals surface area contributed by atoms with Gasteiger partial charge in [-0.3, -0.25) is 4.79 Å². The molecule has 2 N–H and O–H groups in total. The molecule has 0 heterocycles. The second-order valence-corrected chi connectivity index (χ2v) is 4.13. The van der Waals surface area contributed by atoms with Gasteiger partial charge in [-0.05, 0) is 36.5 Å². The number of hydrogen-bond donors (Lipinski definition) is 2. The number of carbonyl (C=O) groups is 1. The summed E-state index contributed by atoms with van der Waals surface area (Å²) in [5.41, 5.74) is 1.72. The van der Waals surface area contributed by atoms with E-state index in [1.54, 1.807) is 6.07 Å². The lowest BCUT2D eigenvalue weighted by Gasteiger charge is -2.15. The van der Waals surface area contributed by atoms with Crippen molar-refractivity contribution >= 4 is 5.97 Å². The smallest absolute Gasteiger partial charge is 0.303 e. The topological polar surface area (TPSA) is 57.5 Å². The molecule has 0 fully saturated rings. The third kappa shape index (κ3) is 3.26. The summed E-state index contributed by atoms with van der Waals surface area (Å²) in [5.74, 6) is -0.559. The van der Waals surface area contributed by atoms with Crippen molar-refractivity contribution in [3.63, 3.8) is 0 Å². The number of aromatic hydroxyl groups is 1. The van der Waals surface area contributed by atoms with Gasteiger partial charge in [0.15, 0.2) is 0 Å². The standard InChI is InChI=1S/C13H18O3/c1-3-4-10(8-13(15)16)11-6-5-9(2)12(14)7-11/h5-7,10,14H,3-4,8H2,1-2H3,(H,15,16)/t10-/m0/s1. The third-order valence-corrected chi connectivity index (χ3v) is 2.76. The van der Waals surface area contributed by atoms with Crippen molar-refractivity contribution in [2.24, 2.45) is 0 Å². The van der Waals surface area contributed by atoms with Crippen LogP contribution in [0.3, 0.4) is 0 Å². The van der Waals surface area contributed by atoms with Gasteiger partial charge < -0.3 is 10.2 Å². The Bertz CT molecular complexity index is 371. The number of carboxylic acid groups (broad SMARTS) is 1. The van der Waals surface area contributed by atoms with Crippen molar-refractivity contribution < 1.29 is 15.0 Å². The molecule has 3 nitrogen and oxygen atoms in total. The Kier molecular flexibility index (Phi) is 4.35. The number of aliphatic carboxylic acids is 1. The van der Waals surface area contributed by atoms with E-state index in [2.05, 4.69) is 0 Å². The van der Waals surface area contributed by atoms with E-state index in [4.69, 9.17) is 5.11 Å². The number of phenols is 1. The van der Waals surface area contributed by atoms with Crippen molar-refractivity contribution in [3.8, 4) is 5.75 Å². The largest absolute Gasteiger partial charge is 0.508 e. The molecule has 0 amide bonds. The minimum Gasteiger partial charge on any atom is -0.508 e. The maximum absolute atomic E-state index is 10.7. The molecule has 0 aromatic heterocycles. The molecule has 1 rings (SSSR count). The van der Waals surface area contributed by atoms with Gasteiger partial charge in [-0.2, -0.15) is 0 Å². The minimum atomic E-state index is -0.793. The molecule has 0 spiro atoms. The van der Waals surface area contributed by atoms with Crippen LogP contribution in [-0.4, -0.2) is 16.2 Å². The average molecular weight is 222 g/mol. The molecule has 88 valence electrons. The maximum Gasteiger partial charge on any atom is 0.303 e. The fraction of sp³-hybridized carbons (Fsp3) is 0.462. The van der Waals surface area contributed by atoms with Crippen LogP contribution in [0.25, 0.3) is 0 Å². The highest BCUT2D eigenvalue weighted by Crippen LogP contribution is 2.29. The zero-order valence-electron chi connectivity index (χ0n) is 9.73. The van der Waals surface area contributed by atoms with Crippen molar-refractivity contribution in [2.75, 3.05) is 0 Å². The van der Waals surface area contributed by atoms with Crippen LogP contribution in [0.2, 0.25) is 0 Å². The fourth-order valence-electron chi connectivity index (χ4n) is 1.83. The summed E-state index contributed by atoms with van der Waals surface area (Å²) in [5, 5.41) is 18.4. The Balaban J connectivity index is 2.91. The van der Waals surface area contributed by atoms with Crippen LogP contribution in [0.5, 0.6) is 5.75 Å². The zero-order chi connectivity index (χ0) is 12.1. The first-order chi connectivity index (χ1) is 7.54. The van der Waals surface area contributed by atoms with Crippen LogP contribution in [0.1, 0.15) is 43.2 Å². The Morgan fingerprint density at radius 2 is 2.12 bits per heavy atom. The number of carboxylic acids is 1. The first kappa shape index (κ1) is 12.6. The lowest BCUT2D eigenvalue weighted by molar-refractivity contribution is -0.137. The zero-order valence-corrected chi connectivity index (χ0v) is 9.73. The Labute approximate surface area is 95.7 Å². The van der Waals surface area contributed by atoms with E-state index in [-0.39, 0.29) is 18.1 Å². The number of benzene rings is 1. The number of rotatable bonds is 5. The van der Waals surface area contributed by atoms with Crippen LogP contribution in [0, 0.1) is 6.92 Å². The third-order valence-electron chi connectivity index (χ3n) is 2.76. The van der Waals surface area contributed by atoms with E-state index in [9.17, 15) is 9.90 Å². The van der Waals surface area contributed by atoms with Gasteiger partial charge in [0.25, 0.3) is 0 Å². The lowest BCUT2D eigenvalue weighted by Crippen LogP contribution is -2.06. The van der Waals surface area contributed by atoms with E-state index in [1.807, 2.05) is 26.0 Å². The first-order valence-corrected chi connectivity index (χ1v) is 5.56. The van der Waals surface area contributed by atoms with Gasteiger partial charge in [-0.15, -0.1) is 0 Å². The van der Waals surface area contributed by atoms with Crippen molar-refractivity contribution in [1.29, 1.82) is 0 Å². The molecule has 0 aliphatic rings. The van der Waals surface area contributed by atoms with E-state index in [0.29, 0.717) is 0 Å². The quantitative estimate of drug-likeness (QED) is 0.805. The summed E-state index contributed by atoms with van der Waals surface area (Å²) in [6.07, 6.45) is 1.89. The monoisotopic (exact) mass is 222 g/mol. The van der Waals surface area contributed by atoms with Gasteiger partial charge in [0.1, 0.15) is 5.75 Å². The van der Waals surface area contributed by atoms with Gasteiger partial charge in [0.05, 0.1) is 6.42 Å². The summed E-state index contributed by atoms with van der Waals surface area (Å²) >= 11 is 0. The first-order valence-electron chi connectivity index (χ1n) is 5.56. The molecule has 1 atom stereocenters. The van der Waals surface area contributed by atoms with Gasteiger partial charge in [-0.25, -0.2) is 0 Å². The highest BCUT2D eigenvalue weighted by molar-refractivity contribution is 5.68. The van der Waals surface area contributed by atoms with Crippen LogP contribution >= 0.6 is 0 Å². The van der Waals surface area contributed by atoms with Crippen molar-refractivity contribution in [2.45, 2.75) is 39.0 Å². The van der Waals surface area contributed by atoms with Crippen molar-refractivity contribution in [3.05, 3.63) is 29.3 Å². The van der Waals surface area contributed by atoms with E-state index in [1.165, 1.54) is 0 Å². The Morgan fingerprint density at radius 3 is 2.62 bits per heavy atom. The molecular formula is C13H18O3. The van der Waals surface area contributed by atoms with E-state index >= 15 is 0 Å². The molecule has 0 unspecified atom stereocenters. The average Bonchev–Trinajstić information content (AvgIpc) is 2.21. The van der Waals surface area contributed by atoms with Crippen molar-refractivity contribution in [1.82, 2.24) is 0 Å². The molecule has 16 heavy (non-hydrogen) atoms. The molecule has 0 saturated carbocycles. The van der Waals surface area contributed by atoms with Crippen LogP contribution in [-0.2, 0) is 4.79 Å². The lowest BCUT2D eigenvalue weighted by atomic mass is 9.91. The van der Waals surface area contributed by atoms with Crippen LogP contribution < -0.4 is 0 Å². The van der Waals surface area contributed by atoms with Crippen LogP contribution in [0.4, 0.5) is 0 Å². The Morgan fingerprint density at radius 1 is 1.44 bits per heavy atom. The normalized spacial score (nSPS) is 12.4. The molecule has 1 aromatic carbocycles. The molecule has 3 heteroatoms. The second-order valence-electron chi connectivity index (χ2n) is 4.13. The van der Waals surface area contributed by atoms with Gasteiger partial charge in [-0.1, -0.05) is 25.5 Å². The second kappa shape index (κ2) is 5.54. The molecule has 0 bridgehead atoms. The highest BCUT2D eigenvalue weighted by Gasteiger charge is 2.15. The van der Waals surface area contributed by atoms with E-state index in [0.717, 1.165) is 24.0 Å². The summed E-state index contributed by atoms with van der Waals surface area (Å²) in [4.78, 5) is 10.7. The summed E-state index contributed by atoms with van der Waals surface area (Å²) in [6, 6.07) is 5.41. The molecular weight excluding hydrogens is 204 g/mol. The molecule has 0 radical (unpaired) electrons. The minimum absolute atomic E-state index is 0.00556. The molecule has 0 saturated heterocycles. The van der Waals surface area contributed by atoms with Crippen LogP contribution in [0.15, 0.2) is 18.2 Å². The summed E-state index contributed by atoms with van der Waals surface area (Å²) in [6.45, 7) is 3.86. The number of hydrogen-bond acceptors (Lipinski definition) is 2. The molecule has 0 aliphatic carbocycles. The van der Waals surface area contributed by atoms with Gasteiger partial charge in [0, 0.05) is 0 Å². The Hall–Kier alpha value is -1.51. The maximum atomic E-state index is 10.7.